The number of halogens is 3. The zero-order valence-corrected chi connectivity index (χ0v) is 23.2. The highest BCUT2D eigenvalue weighted by molar-refractivity contribution is 14.1. The van der Waals surface area contributed by atoms with Crippen LogP contribution in [-0.2, 0) is 11.4 Å². The molecule has 8 heteroatoms. The maximum Gasteiger partial charge on any atom is 0.266 e. The van der Waals surface area contributed by atoms with Gasteiger partial charge in [0.2, 0.25) is 0 Å². The van der Waals surface area contributed by atoms with E-state index in [-0.39, 0.29) is 5.91 Å². The number of hydrogen-bond acceptors (Lipinski definition) is 4. The number of carbonyl (C=O) groups is 1. The Morgan fingerprint density at radius 1 is 1.10 bits per heavy atom. The van der Waals surface area contributed by atoms with E-state index in [1.165, 1.54) is 15.3 Å². The molecule has 2 aromatic carbocycles. The second-order valence-electron chi connectivity index (χ2n) is 6.15. The Hall–Kier alpha value is -0.340. The third kappa shape index (κ3) is 5.88. The quantitative estimate of drug-likeness (QED) is 0.255. The van der Waals surface area contributed by atoms with Crippen molar-refractivity contribution in [2.75, 3.05) is 13.1 Å². The van der Waals surface area contributed by atoms with Gasteiger partial charge >= 0.3 is 0 Å². The van der Waals surface area contributed by atoms with Crippen LogP contribution in [0.15, 0.2) is 46.3 Å². The van der Waals surface area contributed by atoms with Gasteiger partial charge in [-0.2, -0.15) is 0 Å². The van der Waals surface area contributed by atoms with Crippen molar-refractivity contribution in [1.29, 1.82) is 0 Å². The molecule has 4 nitrogen and oxygen atoms in total. The van der Waals surface area contributed by atoms with Crippen molar-refractivity contribution >= 4 is 96.7 Å². The average Bonchev–Trinajstić information content (AvgIpc) is 2.97. The molecule has 29 heavy (non-hydrogen) atoms. The number of benzene rings is 2. The lowest BCUT2D eigenvalue weighted by atomic mass is 10.2. The molecule has 1 aliphatic rings. The predicted molar refractivity (Wildman–Crippen MR) is 146 cm³/mol. The van der Waals surface area contributed by atoms with Gasteiger partial charge in [0.25, 0.3) is 5.91 Å². The van der Waals surface area contributed by atoms with Gasteiger partial charge in [0.1, 0.15) is 12.4 Å². The van der Waals surface area contributed by atoms with Crippen molar-refractivity contribution < 1.29 is 9.53 Å². The lowest BCUT2D eigenvalue weighted by Crippen LogP contribution is -2.28. The highest BCUT2D eigenvalue weighted by Crippen LogP contribution is 2.35. The van der Waals surface area contributed by atoms with Crippen LogP contribution in [0.1, 0.15) is 25.0 Å². The Morgan fingerprint density at radius 2 is 1.76 bits per heavy atom. The summed E-state index contributed by atoms with van der Waals surface area (Å²) < 4.78 is 9.34. The second-order valence-corrected chi connectivity index (χ2v) is 10.7. The molecular weight excluding hydrogens is 725 g/mol. The summed E-state index contributed by atoms with van der Waals surface area (Å²) in [6.07, 6.45) is 1.95. The van der Waals surface area contributed by atoms with Crippen molar-refractivity contribution in [2.24, 2.45) is 4.99 Å². The Balaban J connectivity index is 1.80. The van der Waals surface area contributed by atoms with Gasteiger partial charge in [0, 0.05) is 16.7 Å². The number of amidine groups is 1. The van der Waals surface area contributed by atoms with E-state index in [4.69, 9.17) is 4.74 Å². The Kier molecular flexibility index (Phi) is 8.69. The monoisotopic (exact) mass is 744 g/mol. The van der Waals surface area contributed by atoms with E-state index >= 15 is 0 Å². The standard InChI is InChI=1S/C21H19I3N2O2S/c1-3-25-21-26(4-2)20(27)18(29-21)11-14-9-16(23)19(17(24)10-14)28-12-13-5-7-15(22)8-6-13/h5-11H,3-4,12H2,1-2H3/b18-11+,25-21?. The molecule has 0 spiro atoms. The van der Waals surface area contributed by atoms with Gasteiger partial charge in [0.15, 0.2) is 5.17 Å². The zero-order chi connectivity index (χ0) is 21.0. The zero-order valence-electron chi connectivity index (χ0n) is 15.9. The molecule has 0 bridgehead atoms. The number of ether oxygens (including phenoxy) is 1. The maximum atomic E-state index is 12.7. The van der Waals surface area contributed by atoms with Crippen LogP contribution in [0, 0.1) is 10.7 Å². The molecule has 2 aromatic rings. The number of nitrogens with zero attached hydrogens (tertiary/aromatic N) is 2. The molecule has 0 N–H and O–H groups in total. The highest BCUT2D eigenvalue weighted by Gasteiger charge is 2.31. The topological polar surface area (TPSA) is 41.9 Å². The van der Waals surface area contributed by atoms with Crippen LogP contribution in [0.4, 0.5) is 0 Å². The summed E-state index contributed by atoms with van der Waals surface area (Å²) in [5.41, 5.74) is 2.13. The second kappa shape index (κ2) is 10.8. The number of carbonyl (C=O) groups excluding carboxylic acids is 1. The normalized spacial score (nSPS) is 16.9. The van der Waals surface area contributed by atoms with Crippen molar-refractivity contribution in [3.8, 4) is 5.75 Å². The van der Waals surface area contributed by atoms with Crippen LogP contribution in [-0.4, -0.2) is 29.1 Å². The van der Waals surface area contributed by atoms with Crippen LogP contribution < -0.4 is 4.74 Å². The fourth-order valence-corrected chi connectivity index (χ4v) is 6.32. The van der Waals surface area contributed by atoms with E-state index < -0.39 is 0 Å². The van der Waals surface area contributed by atoms with Gasteiger partial charge in [-0.15, -0.1) is 0 Å². The molecule has 0 aliphatic carbocycles. The smallest absolute Gasteiger partial charge is 0.266 e. The minimum absolute atomic E-state index is 0.0220. The molecule has 1 saturated heterocycles. The first-order chi connectivity index (χ1) is 13.9. The van der Waals surface area contributed by atoms with E-state index in [0.29, 0.717) is 24.6 Å². The summed E-state index contributed by atoms with van der Waals surface area (Å²) in [6.45, 7) is 5.77. The summed E-state index contributed by atoms with van der Waals surface area (Å²) in [6, 6.07) is 12.4. The molecule has 1 fully saturated rings. The number of amides is 1. The molecule has 0 radical (unpaired) electrons. The van der Waals surface area contributed by atoms with Crippen molar-refractivity contribution in [1.82, 2.24) is 4.90 Å². The molecule has 1 amide bonds. The van der Waals surface area contributed by atoms with Crippen LogP contribution >= 0.6 is 79.5 Å². The van der Waals surface area contributed by atoms with E-state index in [1.807, 2.05) is 19.9 Å². The molecule has 0 atom stereocenters. The predicted octanol–water partition coefficient (Wildman–Crippen LogP) is 6.39. The SMILES string of the molecule is CCN=C1S/C(=C/c2cc(I)c(OCc3ccc(I)cc3)c(I)c2)C(=O)N1CC. The minimum Gasteiger partial charge on any atom is -0.487 e. The lowest BCUT2D eigenvalue weighted by Gasteiger charge is -2.12. The van der Waals surface area contributed by atoms with Crippen LogP contribution in [0.3, 0.4) is 0 Å². The molecule has 3 rings (SSSR count). The third-order valence-electron chi connectivity index (χ3n) is 4.11. The number of likely N-dealkylation sites (N-methyl/N-ethyl adjacent to an activating group) is 1. The average molecular weight is 744 g/mol. The largest absolute Gasteiger partial charge is 0.487 e. The Labute approximate surface area is 216 Å². The molecule has 0 aromatic heterocycles. The highest BCUT2D eigenvalue weighted by atomic mass is 127. The van der Waals surface area contributed by atoms with Gasteiger partial charge < -0.3 is 4.74 Å². The summed E-state index contributed by atoms with van der Waals surface area (Å²) in [7, 11) is 0. The van der Waals surface area contributed by atoms with Crippen LogP contribution in [0.25, 0.3) is 6.08 Å². The van der Waals surface area contributed by atoms with Gasteiger partial charge in [-0.3, -0.25) is 14.7 Å². The van der Waals surface area contributed by atoms with Crippen LogP contribution in [0.2, 0.25) is 0 Å². The maximum absolute atomic E-state index is 12.7. The molecule has 0 saturated carbocycles. The lowest BCUT2D eigenvalue weighted by molar-refractivity contribution is -0.122. The number of thioether (sulfide) groups is 1. The van der Waals surface area contributed by atoms with Crippen LogP contribution in [0.5, 0.6) is 5.75 Å². The Morgan fingerprint density at radius 3 is 2.34 bits per heavy atom. The van der Waals surface area contributed by atoms with Gasteiger partial charge in [-0.25, -0.2) is 0 Å². The van der Waals surface area contributed by atoms with Gasteiger partial charge in [-0.05, 0) is 135 Å². The first-order valence-electron chi connectivity index (χ1n) is 9.05. The molecule has 0 unspecified atom stereocenters. The fourth-order valence-electron chi connectivity index (χ4n) is 2.73. The summed E-state index contributed by atoms with van der Waals surface area (Å²) >= 11 is 8.33. The summed E-state index contributed by atoms with van der Waals surface area (Å²) in [4.78, 5) is 19.6. The molecule has 152 valence electrons. The minimum atomic E-state index is 0.0220. The number of rotatable bonds is 6. The number of hydrogen-bond donors (Lipinski definition) is 0. The van der Waals surface area contributed by atoms with Gasteiger partial charge in [0.05, 0.1) is 12.0 Å². The molecule has 1 aliphatic heterocycles. The first-order valence-corrected chi connectivity index (χ1v) is 13.1. The van der Waals surface area contributed by atoms with E-state index in [9.17, 15) is 4.79 Å². The molecular formula is C21H19I3N2O2S. The van der Waals surface area contributed by atoms with Gasteiger partial charge in [-0.1, -0.05) is 12.1 Å². The van der Waals surface area contributed by atoms with E-state index in [0.717, 1.165) is 29.2 Å². The first kappa shape index (κ1) is 23.3. The van der Waals surface area contributed by atoms with Crippen molar-refractivity contribution in [2.45, 2.75) is 20.5 Å². The third-order valence-corrected chi connectivity index (χ3v) is 7.48. The van der Waals surface area contributed by atoms with Crippen molar-refractivity contribution in [3.05, 3.63) is 63.1 Å². The Bertz CT molecular complexity index is 951. The molecule has 1 heterocycles. The van der Waals surface area contributed by atoms with Crippen molar-refractivity contribution in [3.63, 3.8) is 0 Å². The fraction of sp³-hybridized carbons (Fsp3) is 0.238. The van der Waals surface area contributed by atoms with E-state index in [1.54, 1.807) is 4.90 Å². The van der Waals surface area contributed by atoms with E-state index in [2.05, 4.69) is 109 Å². The summed E-state index contributed by atoms with van der Waals surface area (Å²) in [5, 5.41) is 0.785. The number of aliphatic imine (C=N–C) groups is 1. The summed E-state index contributed by atoms with van der Waals surface area (Å²) in [5.74, 6) is 0.898.